The number of nitrogens with one attached hydrogen (secondary N) is 1. The van der Waals surface area contributed by atoms with Gasteiger partial charge in [0.1, 0.15) is 23.6 Å². The molecule has 0 aliphatic carbocycles. The second kappa shape index (κ2) is 3.49. The molecule has 0 aliphatic heterocycles. The van der Waals surface area contributed by atoms with Gasteiger partial charge in [-0.25, -0.2) is 15.0 Å². The number of aromatic amines is 1. The number of rotatable bonds is 3. The van der Waals surface area contributed by atoms with Crippen LogP contribution in [0.4, 0.5) is 0 Å². The van der Waals surface area contributed by atoms with E-state index in [0.717, 1.165) is 0 Å². The molecule has 0 radical (unpaired) electrons. The summed E-state index contributed by atoms with van der Waals surface area (Å²) in [6.07, 6.45) is 4.21. The van der Waals surface area contributed by atoms with Crippen LogP contribution in [0.2, 0.25) is 0 Å². The van der Waals surface area contributed by atoms with E-state index < -0.39 is 11.9 Å². The summed E-state index contributed by atoms with van der Waals surface area (Å²) in [6.45, 7) is 3.45. The second-order valence-corrected chi connectivity index (χ2v) is 2.93. The molecule has 0 amide bonds. The molecule has 2 N–H and O–H groups in total. The van der Waals surface area contributed by atoms with Gasteiger partial charge < -0.3 is 10.1 Å². The maximum absolute atomic E-state index is 10.8. The zero-order valence-electron chi connectivity index (χ0n) is 7.71. The Balaban J connectivity index is 2.52. The Hall–Kier alpha value is -2.24. The van der Waals surface area contributed by atoms with Crippen molar-refractivity contribution in [3.63, 3.8) is 0 Å². The molecule has 15 heavy (non-hydrogen) atoms. The molecular formula is C9H8N4O2. The number of aliphatic carboxylic acids is 1. The van der Waals surface area contributed by atoms with E-state index in [2.05, 4.69) is 26.5 Å². The molecule has 2 aromatic heterocycles. The number of carbonyl (C=O) groups is 1. The van der Waals surface area contributed by atoms with Crippen molar-refractivity contribution >= 4 is 17.1 Å². The molecule has 6 nitrogen and oxygen atoms in total. The molecule has 0 aromatic carbocycles. The van der Waals surface area contributed by atoms with Crippen LogP contribution in [0.15, 0.2) is 25.2 Å². The highest BCUT2D eigenvalue weighted by Gasteiger charge is 2.19. The number of fused-ring (bicyclic) bond motifs is 1. The van der Waals surface area contributed by atoms with Gasteiger partial charge in [-0.3, -0.25) is 4.79 Å². The Morgan fingerprint density at radius 2 is 2.47 bits per heavy atom. The lowest BCUT2D eigenvalue weighted by atomic mass is 10.1. The third-order valence-corrected chi connectivity index (χ3v) is 1.98. The SMILES string of the molecule is C=CC(C(=O)O)c1nc2ncncc2[nH]1. The average molecular weight is 204 g/mol. The Morgan fingerprint density at radius 3 is 3.07 bits per heavy atom. The third-order valence-electron chi connectivity index (χ3n) is 1.98. The highest BCUT2D eigenvalue weighted by Crippen LogP contribution is 2.16. The van der Waals surface area contributed by atoms with Gasteiger partial charge in [-0.1, -0.05) is 6.08 Å². The first-order valence-corrected chi connectivity index (χ1v) is 4.23. The van der Waals surface area contributed by atoms with Crippen LogP contribution in [-0.2, 0) is 4.79 Å². The first-order valence-electron chi connectivity index (χ1n) is 4.23. The first kappa shape index (κ1) is 9.32. The van der Waals surface area contributed by atoms with Crippen molar-refractivity contribution in [3.05, 3.63) is 31.0 Å². The molecule has 0 fully saturated rings. The number of imidazole rings is 1. The van der Waals surface area contributed by atoms with E-state index in [-0.39, 0.29) is 0 Å². The van der Waals surface area contributed by atoms with E-state index >= 15 is 0 Å². The molecule has 0 bridgehead atoms. The summed E-state index contributed by atoms with van der Waals surface area (Å²) >= 11 is 0. The van der Waals surface area contributed by atoms with Crippen molar-refractivity contribution in [1.29, 1.82) is 0 Å². The molecule has 0 aliphatic rings. The van der Waals surface area contributed by atoms with E-state index in [4.69, 9.17) is 5.11 Å². The van der Waals surface area contributed by atoms with Crippen LogP contribution in [-0.4, -0.2) is 31.0 Å². The van der Waals surface area contributed by atoms with E-state index in [1.54, 1.807) is 6.20 Å². The quantitative estimate of drug-likeness (QED) is 0.718. The predicted molar refractivity (Wildman–Crippen MR) is 52.3 cm³/mol. The number of hydrogen-bond donors (Lipinski definition) is 2. The fraction of sp³-hybridized carbons (Fsp3) is 0.111. The average Bonchev–Trinajstić information content (AvgIpc) is 2.61. The number of H-pyrrole nitrogens is 1. The monoisotopic (exact) mass is 204 g/mol. The van der Waals surface area contributed by atoms with Crippen LogP contribution >= 0.6 is 0 Å². The number of carboxylic acids is 1. The van der Waals surface area contributed by atoms with E-state index in [9.17, 15) is 4.79 Å². The summed E-state index contributed by atoms with van der Waals surface area (Å²) in [5, 5.41) is 8.88. The Labute approximate surface area is 84.7 Å². The normalized spacial score (nSPS) is 12.5. The Bertz CT molecular complexity index is 487. The standard InChI is InChI=1S/C9H8N4O2/c1-2-5(9(14)15)7-12-6-3-10-4-11-8(6)13-7/h2-5H,1H2,(H,14,15)(H,10,11,12,13). The van der Waals surface area contributed by atoms with Crippen molar-refractivity contribution in [3.8, 4) is 0 Å². The van der Waals surface area contributed by atoms with E-state index in [0.29, 0.717) is 17.0 Å². The summed E-state index contributed by atoms with van der Waals surface area (Å²) in [6, 6.07) is 0. The molecule has 2 heterocycles. The maximum atomic E-state index is 10.8. The number of aromatic nitrogens is 4. The lowest BCUT2D eigenvalue weighted by molar-refractivity contribution is -0.137. The van der Waals surface area contributed by atoms with Crippen LogP contribution in [0.3, 0.4) is 0 Å². The molecule has 1 unspecified atom stereocenters. The molecule has 76 valence electrons. The van der Waals surface area contributed by atoms with Gasteiger partial charge in [-0.15, -0.1) is 6.58 Å². The molecule has 1 atom stereocenters. The fourth-order valence-corrected chi connectivity index (χ4v) is 1.26. The number of hydrogen-bond acceptors (Lipinski definition) is 4. The van der Waals surface area contributed by atoms with Crippen molar-refractivity contribution < 1.29 is 9.90 Å². The van der Waals surface area contributed by atoms with Crippen LogP contribution in [0.25, 0.3) is 11.2 Å². The van der Waals surface area contributed by atoms with Crippen molar-refractivity contribution in [2.45, 2.75) is 5.92 Å². The van der Waals surface area contributed by atoms with E-state index in [1.165, 1.54) is 12.4 Å². The van der Waals surface area contributed by atoms with Gasteiger partial charge in [-0.2, -0.15) is 0 Å². The largest absolute Gasteiger partial charge is 0.480 e. The Morgan fingerprint density at radius 1 is 1.67 bits per heavy atom. The van der Waals surface area contributed by atoms with Crippen molar-refractivity contribution in [1.82, 2.24) is 19.9 Å². The van der Waals surface area contributed by atoms with Gasteiger partial charge in [0.05, 0.1) is 6.20 Å². The first-order chi connectivity index (χ1) is 7.22. The third kappa shape index (κ3) is 1.56. The summed E-state index contributed by atoms with van der Waals surface area (Å²) in [5.41, 5.74) is 1.06. The van der Waals surface area contributed by atoms with Gasteiger partial charge in [0.25, 0.3) is 0 Å². The van der Waals surface area contributed by atoms with Gasteiger partial charge in [0.15, 0.2) is 5.65 Å². The minimum atomic E-state index is -1.00. The molecular weight excluding hydrogens is 196 g/mol. The van der Waals surface area contributed by atoms with Crippen LogP contribution < -0.4 is 0 Å². The van der Waals surface area contributed by atoms with Crippen LogP contribution in [0.1, 0.15) is 11.7 Å². The maximum Gasteiger partial charge on any atom is 0.318 e. The number of nitrogens with zero attached hydrogens (tertiary/aromatic N) is 3. The molecule has 0 saturated carbocycles. The van der Waals surface area contributed by atoms with Gasteiger partial charge in [-0.05, 0) is 0 Å². The van der Waals surface area contributed by atoms with Gasteiger partial charge >= 0.3 is 5.97 Å². The Kier molecular flexibility index (Phi) is 2.17. The van der Waals surface area contributed by atoms with Gasteiger partial charge in [0.2, 0.25) is 0 Å². The summed E-state index contributed by atoms with van der Waals surface area (Å²) in [5.74, 6) is -1.54. The minimum Gasteiger partial charge on any atom is -0.480 e. The summed E-state index contributed by atoms with van der Waals surface area (Å²) < 4.78 is 0. The topological polar surface area (TPSA) is 91.8 Å². The molecule has 2 aromatic rings. The molecule has 0 spiro atoms. The predicted octanol–water partition coefficient (Wildman–Crippen LogP) is 0.707. The smallest absolute Gasteiger partial charge is 0.318 e. The summed E-state index contributed by atoms with van der Waals surface area (Å²) in [7, 11) is 0. The second-order valence-electron chi connectivity index (χ2n) is 2.93. The highest BCUT2D eigenvalue weighted by atomic mass is 16.4. The zero-order chi connectivity index (χ0) is 10.8. The molecule has 6 heteroatoms. The fourth-order valence-electron chi connectivity index (χ4n) is 1.26. The highest BCUT2D eigenvalue weighted by molar-refractivity contribution is 5.79. The lowest BCUT2D eigenvalue weighted by Crippen LogP contribution is -2.10. The summed E-state index contributed by atoms with van der Waals surface area (Å²) in [4.78, 5) is 25.4. The van der Waals surface area contributed by atoms with E-state index in [1.807, 2.05) is 0 Å². The molecule has 2 rings (SSSR count). The van der Waals surface area contributed by atoms with Crippen molar-refractivity contribution in [2.75, 3.05) is 0 Å². The van der Waals surface area contributed by atoms with Gasteiger partial charge in [0, 0.05) is 0 Å². The van der Waals surface area contributed by atoms with Crippen LogP contribution in [0.5, 0.6) is 0 Å². The number of carboxylic acid groups (broad SMARTS) is 1. The lowest BCUT2D eigenvalue weighted by Gasteiger charge is -2.00. The van der Waals surface area contributed by atoms with Crippen molar-refractivity contribution in [2.24, 2.45) is 0 Å². The van der Waals surface area contributed by atoms with Crippen LogP contribution in [0, 0.1) is 0 Å². The zero-order valence-corrected chi connectivity index (χ0v) is 7.71. The minimum absolute atomic E-state index is 0.313. The molecule has 0 saturated heterocycles.